The molecule has 2 amide bonds. The first-order valence-corrected chi connectivity index (χ1v) is 12.1. The summed E-state index contributed by atoms with van der Waals surface area (Å²) in [7, 11) is 2.83. The molecule has 4 rings (SSSR count). The van der Waals surface area contributed by atoms with Crippen molar-refractivity contribution in [3.8, 4) is 39.6 Å². The van der Waals surface area contributed by atoms with Gasteiger partial charge in [-0.1, -0.05) is 23.7 Å². The molecule has 40 heavy (non-hydrogen) atoms. The standard InChI is InChI=1S/C25H25ClN8O6/c1-4-29-23(36)20-18(12-5-7-13(39-3)8-6-12)19(31-32-20)14-9-15(26)17(10-16(14)35)40-24(37)21-22(27)34(11-30-21)25(38)33(2)28/h5-11,35H,4,27-28H2,1-3H3,(H,29,36)(H,31,32). The van der Waals surface area contributed by atoms with Crippen LogP contribution in [0.3, 0.4) is 0 Å². The number of carbonyl (C=O) groups excluding carboxylic acids is 3. The van der Waals surface area contributed by atoms with Crippen LogP contribution in [-0.2, 0) is 0 Å². The Morgan fingerprint density at radius 1 is 1.23 bits per heavy atom. The highest BCUT2D eigenvalue weighted by Crippen LogP contribution is 2.42. The highest BCUT2D eigenvalue weighted by atomic mass is 35.5. The molecule has 2 aromatic carbocycles. The number of rotatable bonds is 7. The molecule has 208 valence electrons. The number of anilines is 1. The van der Waals surface area contributed by atoms with Gasteiger partial charge in [0.15, 0.2) is 11.4 Å². The van der Waals surface area contributed by atoms with Crippen LogP contribution in [0.15, 0.2) is 42.7 Å². The van der Waals surface area contributed by atoms with Gasteiger partial charge < -0.3 is 25.6 Å². The Hall–Kier alpha value is -5.08. The number of aromatic hydroxyl groups is 1. The number of benzene rings is 2. The lowest BCUT2D eigenvalue weighted by Crippen LogP contribution is -2.36. The van der Waals surface area contributed by atoms with Crippen LogP contribution in [-0.4, -0.2) is 68.5 Å². The highest BCUT2D eigenvalue weighted by Gasteiger charge is 2.26. The molecule has 0 aliphatic carbocycles. The quantitative estimate of drug-likeness (QED) is 0.0724. The maximum Gasteiger partial charge on any atom is 0.366 e. The molecule has 7 N–H and O–H groups in total. The molecule has 0 saturated carbocycles. The number of carbonyl (C=O) groups is 3. The van der Waals surface area contributed by atoms with Gasteiger partial charge in [0.1, 0.15) is 35.0 Å². The number of phenolic OH excluding ortho intramolecular Hbond substituents is 1. The van der Waals surface area contributed by atoms with Crippen molar-refractivity contribution in [2.45, 2.75) is 6.92 Å². The van der Waals surface area contributed by atoms with E-state index in [1.807, 2.05) is 0 Å². The van der Waals surface area contributed by atoms with Crippen molar-refractivity contribution in [2.75, 3.05) is 26.4 Å². The molecular weight excluding hydrogens is 544 g/mol. The van der Waals surface area contributed by atoms with E-state index in [0.29, 0.717) is 23.4 Å². The number of H-pyrrole nitrogens is 1. The number of esters is 1. The number of hydrazine groups is 1. The van der Waals surface area contributed by atoms with Gasteiger partial charge in [-0.05, 0) is 30.7 Å². The number of nitrogens with zero attached hydrogens (tertiary/aromatic N) is 4. The normalized spacial score (nSPS) is 10.7. The van der Waals surface area contributed by atoms with Gasteiger partial charge in [-0.2, -0.15) is 5.10 Å². The molecule has 0 unspecified atom stereocenters. The molecule has 14 nitrogen and oxygen atoms in total. The second-order valence-electron chi connectivity index (χ2n) is 8.34. The van der Waals surface area contributed by atoms with Crippen LogP contribution in [0.2, 0.25) is 5.02 Å². The number of methoxy groups -OCH3 is 1. The van der Waals surface area contributed by atoms with Crippen molar-refractivity contribution < 1.29 is 29.0 Å². The number of ether oxygens (including phenoxy) is 2. The van der Waals surface area contributed by atoms with E-state index in [4.69, 9.17) is 32.7 Å². The van der Waals surface area contributed by atoms with E-state index in [0.717, 1.165) is 22.0 Å². The molecule has 2 heterocycles. The number of hydrogen-bond acceptors (Lipinski definition) is 10. The summed E-state index contributed by atoms with van der Waals surface area (Å²) in [6, 6.07) is 8.62. The van der Waals surface area contributed by atoms with Crippen molar-refractivity contribution in [1.82, 2.24) is 30.1 Å². The summed E-state index contributed by atoms with van der Waals surface area (Å²) in [5.74, 6) is 3.72. The maximum atomic E-state index is 12.8. The molecule has 0 radical (unpaired) electrons. The van der Waals surface area contributed by atoms with E-state index in [1.54, 1.807) is 31.2 Å². The zero-order valence-electron chi connectivity index (χ0n) is 21.6. The minimum absolute atomic E-state index is 0.0693. The Morgan fingerprint density at radius 3 is 2.55 bits per heavy atom. The molecule has 0 spiro atoms. The summed E-state index contributed by atoms with van der Waals surface area (Å²) in [5, 5.41) is 21.3. The SMILES string of the molecule is CCNC(=O)c1[nH]nc(-c2cc(Cl)c(OC(=O)c3ncn(C(=O)N(C)N)c3N)cc2O)c1-c1ccc(OC)cc1. The second-order valence-corrected chi connectivity index (χ2v) is 8.75. The van der Waals surface area contributed by atoms with Crippen molar-refractivity contribution in [2.24, 2.45) is 5.84 Å². The molecule has 0 saturated heterocycles. The largest absolute Gasteiger partial charge is 0.507 e. The monoisotopic (exact) mass is 568 g/mol. The fourth-order valence-electron chi connectivity index (χ4n) is 3.79. The van der Waals surface area contributed by atoms with Crippen molar-refractivity contribution >= 4 is 35.3 Å². The number of phenols is 1. The van der Waals surface area contributed by atoms with Crippen LogP contribution in [0, 0.1) is 0 Å². The average Bonchev–Trinajstić information content (AvgIpc) is 3.54. The van der Waals surface area contributed by atoms with E-state index in [-0.39, 0.29) is 45.0 Å². The Morgan fingerprint density at radius 2 is 1.93 bits per heavy atom. The zero-order valence-corrected chi connectivity index (χ0v) is 22.3. The third-order valence-electron chi connectivity index (χ3n) is 5.72. The Labute approximate surface area is 232 Å². The molecule has 0 aliphatic rings. The van der Waals surface area contributed by atoms with Gasteiger partial charge in [-0.3, -0.25) is 14.9 Å². The first-order chi connectivity index (χ1) is 19.1. The van der Waals surface area contributed by atoms with E-state index in [1.165, 1.54) is 20.2 Å². The number of imidazole rings is 1. The van der Waals surface area contributed by atoms with Gasteiger partial charge in [-0.25, -0.2) is 25.0 Å². The molecule has 4 aromatic rings. The first kappa shape index (κ1) is 27.9. The van der Waals surface area contributed by atoms with Crippen molar-refractivity contribution in [1.29, 1.82) is 0 Å². The minimum Gasteiger partial charge on any atom is -0.507 e. The Balaban J connectivity index is 1.72. The predicted molar refractivity (Wildman–Crippen MR) is 145 cm³/mol. The molecule has 0 atom stereocenters. The zero-order chi connectivity index (χ0) is 29.1. The van der Waals surface area contributed by atoms with Crippen LogP contribution >= 0.6 is 11.6 Å². The van der Waals surface area contributed by atoms with E-state index >= 15 is 0 Å². The molecule has 15 heteroatoms. The lowest BCUT2D eigenvalue weighted by atomic mass is 9.97. The Kier molecular flexibility index (Phi) is 7.93. The number of nitrogens with two attached hydrogens (primary N) is 2. The third-order valence-corrected chi connectivity index (χ3v) is 6.02. The summed E-state index contributed by atoms with van der Waals surface area (Å²) >= 11 is 6.42. The van der Waals surface area contributed by atoms with Gasteiger partial charge in [-0.15, -0.1) is 0 Å². The molecule has 2 aromatic heterocycles. The van der Waals surface area contributed by atoms with Crippen LogP contribution in [0.25, 0.3) is 22.4 Å². The van der Waals surface area contributed by atoms with Crippen LogP contribution in [0.1, 0.15) is 27.9 Å². The van der Waals surface area contributed by atoms with Crippen LogP contribution < -0.4 is 26.4 Å². The summed E-state index contributed by atoms with van der Waals surface area (Å²) in [6.07, 6.45) is 1.02. The molecular formula is C25H25ClN8O6. The van der Waals surface area contributed by atoms with Gasteiger partial charge in [0.25, 0.3) is 5.91 Å². The fourth-order valence-corrected chi connectivity index (χ4v) is 3.99. The van der Waals surface area contributed by atoms with Crippen molar-refractivity contribution in [3.05, 3.63) is 59.1 Å². The maximum absolute atomic E-state index is 12.8. The number of nitrogens with one attached hydrogen (secondary N) is 2. The number of hydrogen-bond donors (Lipinski definition) is 5. The molecule has 0 aliphatic heterocycles. The second kappa shape index (κ2) is 11.3. The number of amides is 2. The third kappa shape index (κ3) is 5.25. The van der Waals surface area contributed by atoms with Gasteiger partial charge in [0, 0.05) is 30.8 Å². The smallest absolute Gasteiger partial charge is 0.366 e. The minimum atomic E-state index is -1.03. The lowest BCUT2D eigenvalue weighted by molar-refractivity contribution is 0.0730. The fraction of sp³-hybridized carbons (Fsp3) is 0.160. The van der Waals surface area contributed by atoms with Crippen molar-refractivity contribution in [3.63, 3.8) is 0 Å². The van der Waals surface area contributed by atoms with Crippen LogP contribution in [0.5, 0.6) is 17.2 Å². The number of nitrogen functional groups attached to an aromatic ring is 1. The van der Waals surface area contributed by atoms with Gasteiger partial charge >= 0.3 is 12.0 Å². The van der Waals surface area contributed by atoms with E-state index in [9.17, 15) is 19.5 Å². The first-order valence-electron chi connectivity index (χ1n) is 11.7. The summed E-state index contributed by atoms with van der Waals surface area (Å²) < 4.78 is 11.4. The van der Waals surface area contributed by atoms with Gasteiger partial charge in [0.05, 0.1) is 12.1 Å². The van der Waals surface area contributed by atoms with Crippen LogP contribution in [0.4, 0.5) is 10.6 Å². The predicted octanol–water partition coefficient (Wildman–Crippen LogP) is 2.63. The topological polar surface area (TPSA) is 204 Å². The average molecular weight is 569 g/mol. The molecule has 0 bridgehead atoms. The number of aromatic nitrogens is 4. The highest BCUT2D eigenvalue weighted by molar-refractivity contribution is 6.32. The van der Waals surface area contributed by atoms with Gasteiger partial charge in [0.2, 0.25) is 0 Å². The number of halogens is 1. The van der Waals surface area contributed by atoms with E-state index < -0.39 is 17.9 Å². The summed E-state index contributed by atoms with van der Waals surface area (Å²) in [6.45, 7) is 2.16. The molecule has 0 fully saturated rings. The number of aromatic amines is 1. The summed E-state index contributed by atoms with van der Waals surface area (Å²) in [5.41, 5.74) is 7.05. The Bertz CT molecular complexity index is 1600. The summed E-state index contributed by atoms with van der Waals surface area (Å²) in [4.78, 5) is 41.4. The lowest BCUT2D eigenvalue weighted by Gasteiger charge is -2.12. The van der Waals surface area contributed by atoms with E-state index in [2.05, 4.69) is 20.5 Å².